The van der Waals surface area contributed by atoms with E-state index in [9.17, 15) is 9.18 Å². The average molecular weight is 483 g/mol. The Kier molecular flexibility index (Phi) is 5.73. The molecular formula is C28H27FN6O. The normalized spacial score (nSPS) is 14.7. The Morgan fingerprint density at radius 2 is 1.83 bits per heavy atom. The molecule has 0 amide bonds. The van der Waals surface area contributed by atoms with Crippen LogP contribution in [0.1, 0.15) is 18.4 Å². The van der Waals surface area contributed by atoms with E-state index in [4.69, 9.17) is 5.73 Å². The van der Waals surface area contributed by atoms with E-state index in [0.717, 1.165) is 53.5 Å². The van der Waals surface area contributed by atoms with Gasteiger partial charge in [0.1, 0.15) is 5.82 Å². The van der Waals surface area contributed by atoms with Gasteiger partial charge in [-0.1, -0.05) is 6.07 Å². The third-order valence-corrected chi connectivity index (χ3v) is 7.00. The van der Waals surface area contributed by atoms with Crippen LogP contribution in [0.2, 0.25) is 0 Å². The molecule has 7 nitrogen and oxygen atoms in total. The maximum Gasteiger partial charge on any atom is 0.266 e. The highest BCUT2D eigenvalue weighted by atomic mass is 19.1. The number of nitrogens with zero attached hydrogens (tertiary/aromatic N) is 5. The Hall–Kier alpha value is -4.04. The number of rotatable bonds is 5. The molecule has 0 spiro atoms. The van der Waals surface area contributed by atoms with Crippen molar-refractivity contribution in [3.63, 3.8) is 0 Å². The first kappa shape index (κ1) is 22.4. The van der Waals surface area contributed by atoms with E-state index in [1.807, 2.05) is 30.6 Å². The molecule has 5 aromatic rings. The molecule has 0 saturated carbocycles. The number of aromatic nitrogens is 4. The van der Waals surface area contributed by atoms with Crippen LogP contribution in [0.15, 0.2) is 77.9 Å². The Labute approximate surface area is 207 Å². The standard InChI is InChI=1S/C28H27FN6O/c29-22-3-2-20-8-13-34(26(20)17-22)27-5-6-28(36)35(32-27)14-7-19-1-4-25-21(15-19)16-24(18-31-25)33-11-9-23(30)10-12-33/h1-6,8,13,15-18,23H,7,9-12,14,30H2. The molecule has 36 heavy (non-hydrogen) atoms. The zero-order valence-electron chi connectivity index (χ0n) is 19.8. The van der Waals surface area contributed by atoms with Gasteiger partial charge in [-0.2, -0.15) is 5.10 Å². The lowest BCUT2D eigenvalue weighted by molar-refractivity contribution is 0.501. The number of halogens is 1. The molecule has 0 radical (unpaired) electrons. The van der Waals surface area contributed by atoms with E-state index in [-0.39, 0.29) is 17.4 Å². The van der Waals surface area contributed by atoms with Crippen molar-refractivity contribution in [2.24, 2.45) is 5.73 Å². The van der Waals surface area contributed by atoms with Crippen molar-refractivity contribution >= 4 is 27.5 Å². The van der Waals surface area contributed by atoms with Gasteiger partial charge in [0.15, 0.2) is 5.82 Å². The van der Waals surface area contributed by atoms with E-state index >= 15 is 0 Å². The Morgan fingerprint density at radius 3 is 2.69 bits per heavy atom. The van der Waals surface area contributed by atoms with Gasteiger partial charge in [-0.25, -0.2) is 9.07 Å². The van der Waals surface area contributed by atoms with E-state index < -0.39 is 0 Å². The van der Waals surface area contributed by atoms with Crippen LogP contribution in [0.25, 0.3) is 27.6 Å². The predicted octanol–water partition coefficient (Wildman–Crippen LogP) is 4.04. The van der Waals surface area contributed by atoms with E-state index in [1.54, 1.807) is 16.7 Å². The second kappa shape index (κ2) is 9.20. The van der Waals surface area contributed by atoms with E-state index in [1.165, 1.54) is 22.9 Å². The number of fused-ring (bicyclic) bond motifs is 2. The molecule has 0 bridgehead atoms. The number of hydrogen-bond donors (Lipinski definition) is 1. The molecule has 6 rings (SSSR count). The maximum absolute atomic E-state index is 13.8. The highest BCUT2D eigenvalue weighted by Crippen LogP contribution is 2.24. The van der Waals surface area contributed by atoms with Crippen LogP contribution >= 0.6 is 0 Å². The monoisotopic (exact) mass is 482 g/mol. The van der Waals surface area contributed by atoms with Crippen molar-refractivity contribution < 1.29 is 4.39 Å². The summed E-state index contributed by atoms with van der Waals surface area (Å²) in [7, 11) is 0. The summed E-state index contributed by atoms with van der Waals surface area (Å²) < 4.78 is 17.1. The summed E-state index contributed by atoms with van der Waals surface area (Å²) in [6.07, 6.45) is 6.41. The van der Waals surface area contributed by atoms with Gasteiger partial charge < -0.3 is 10.6 Å². The summed E-state index contributed by atoms with van der Waals surface area (Å²) in [6, 6.07) is 18.4. The van der Waals surface area contributed by atoms with Crippen molar-refractivity contribution in [2.45, 2.75) is 31.8 Å². The fourth-order valence-electron chi connectivity index (χ4n) is 4.92. The molecule has 1 saturated heterocycles. The minimum absolute atomic E-state index is 0.172. The SMILES string of the molecule is NC1CCN(c2cnc3ccc(CCn4nc(-n5ccc6ccc(F)cc65)ccc4=O)cc3c2)CC1. The fraction of sp³-hybridized carbons (Fsp3) is 0.250. The summed E-state index contributed by atoms with van der Waals surface area (Å²) in [5, 5.41) is 6.56. The van der Waals surface area contributed by atoms with Crippen molar-refractivity contribution in [3.05, 3.63) is 94.8 Å². The molecule has 1 aliphatic heterocycles. The number of piperidine rings is 1. The molecule has 4 heterocycles. The fourth-order valence-corrected chi connectivity index (χ4v) is 4.92. The molecule has 8 heteroatoms. The topological polar surface area (TPSA) is 82.0 Å². The number of aryl methyl sites for hydroxylation is 2. The molecule has 3 aromatic heterocycles. The molecule has 0 atom stereocenters. The van der Waals surface area contributed by atoms with Gasteiger partial charge in [-0.05, 0) is 73.4 Å². The minimum Gasteiger partial charge on any atom is -0.370 e. The van der Waals surface area contributed by atoms with Crippen LogP contribution in [-0.4, -0.2) is 38.5 Å². The average Bonchev–Trinajstić information content (AvgIpc) is 3.31. The zero-order chi connectivity index (χ0) is 24.6. The highest BCUT2D eigenvalue weighted by Gasteiger charge is 2.17. The third kappa shape index (κ3) is 4.35. The van der Waals surface area contributed by atoms with Gasteiger partial charge in [0, 0.05) is 48.7 Å². The lowest BCUT2D eigenvalue weighted by Gasteiger charge is -2.31. The zero-order valence-corrected chi connectivity index (χ0v) is 19.8. The lowest BCUT2D eigenvalue weighted by atomic mass is 10.0. The van der Waals surface area contributed by atoms with Crippen LogP contribution in [0, 0.1) is 5.82 Å². The largest absolute Gasteiger partial charge is 0.370 e. The number of hydrogen-bond acceptors (Lipinski definition) is 5. The van der Waals surface area contributed by atoms with E-state index in [2.05, 4.69) is 27.1 Å². The number of nitrogens with two attached hydrogens (primary N) is 1. The molecule has 0 unspecified atom stereocenters. The first-order chi connectivity index (χ1) is 17.5. The van der Waals surface area contributed by atoms with Gasteiger partial charge in [0.2, 0.25) is 0 Å². The number of pyridine rings is 1. The second-order valence-corrected chi connectivity index (χ2v) is 9.44. The molecule has 2 aromatic carbocycles. The van der Waals surface area contributed by atoms with Crippen LogP contribution in [0.3, 0.4) is 0 Å². The van der Waals surface area contributed by atoms with Crippen LogP contribution < -0.4 is 16.2 Å². The molecule has 1 aliphatic rings. The maximum atomic E-state index is 13.8. The molecule has 182 valence electrons. The van der Waals surface area contributed by atoms with Crippen molar-refractivity contribution in [1.29, 1.82) is 0 Å². The molecule has 0 aliphatic carbocycles. The van der Waals surface area contributed by atoms with Gasteiger partial charge in [0.25, 0.3) is 5.56 Å². The highest BCUT2D eigenvalue weighted by molar-refractivity contribution is 5.83. The van der Waals surface area contributed by atoms with Crippen LogP contribution in [-0.2, 0) is 13.0 Å². The van der Waals surface area contributed by atoms with Gasteiger partial charge in [-0.15, -0.1) is 0 Å². The van der Waals surface area contributed by atoms with Crippen molar-refractivity contribution in [3.8, 4) is 5.82 Å². The molecule has 1 fully saturated rings. The van der Waals surface area contributed by atoms with Crippen molar-refractivity contribution in [1.82, 2.24) is 19.3 Å². The summed E-state index contributed by atoms with van der Waals surface area (Å²) in [4.78, 5) is 19.5. The number of benzene rings is 2. The Balaban J connectivity index is 1.24. The minimum atomic E-state index is -0.311. The summed E-state index contributed by atoms with van der Waals surface area (Å²) in [5.74, 6) is 0.261. The van der Waals surface area contributed by atoms with E-state index in [0.29, 0.717) is 24.3 Å². The lowest BCUT2D eigenvalue weighted by Crippen LogP contribution is -2.39. The Bertz CT molecular complexity index is 1620. The second-order valence-electron chi connectivity index (χ2n) is 9.44. The van der Waals surface area contributed by atoms with Crippen molar-refractivity contribution in [2.75, 3.05) is 18.0 Å². The van der Waals surface area contributed by atoms with Gasteiger partial charge in [0.05, 0.1) is 22.9 Å². The third-order valence-electron chi connectivity index (χ3n) is 7.00. The first-order valence-electron chi connectivity index (χ1n) is 12.3. The predicted molar refractivity (Wildman–Crippen MR) is 140 cm³/mol. The van der Waals surface area contributed by atoms with Crippen LogP contribution in [0.4, 0.5) is 10.1 Å². The summed E-state index contributed by atoms with van der Waals surface area (Å²) in [5.41, 5.74) is 9.76. The quantitative estimate of drug-likeness (QED) is 0.409. The molecule has 2 N–H and O–H groups in total. The summed E-state index contributed by atoms with van der Waals surface area (Å²) in [6.45, 7) is 2.33. The summed E-state index contributed by atoms with van der Waals surface area (Å²) >= 11 is 0. The number of anilines is 1. The Morgan fingerprint density at radius 1 is 0.972 bits per heavy atom. The smallest absolute Gasteiger partial charge is 0.266 e. The first-order valence-corrected chi connectivity index (χ1v) is 12.3. The van der Waals surface area contributed by atoms with Gasteiger partial charge in [-0.3, -0.25) is 14.3 Å². The van der Waals surface area contributed by atoms with Crippen LogP contribution in [0.5, 0.6) is 0 Å². The van der Waals surface area contributed by atoms with Gasteiger partial charge >= 0.3 is 0 Å². The molecular weight excluding hydrogens is 455 g/mol.